The van der Waals surface area contributed by atoms with Gasteiger partial charge in [0.15, 0.2) is 0 Å². The average molecular weight is 224 g/mol. The molecule has 0 saturated heterocycles. The van der Waals surface area contributed by atoms with Crippen molar-refractivity contribution in [3.63, 3.8) is 0 Å². The SMILES string of the molecule is OCCN(Cc1cncc(F)c1)C1CCC1. The second-order valence-electron chi connectivity index (χ2n) is 4.29. The van der Waals surface area contributed by atoms with Crippen molar-refractivity contribution >= 4 is 0 Å². The third-order valence-electron chi connectivity index (χ3n) is 3.13. The van der Waals surface area contributed by atoms with Gasteiger partial charge < -0.3 is 5.11 Å². The first kappa shape index (κ1) is 11.5. The van der Waals surface area contributed by atoms with E-state index < -0.39 is 0 Å². The summed E-state index contributed by atoms with van der Waals surface area (Å²) in [5, 5.41) is 9.01. The van der Waals surface area contributed by atoms with Gasteiger partial charge in [-0.3, -0.25) is 9.88 Å². The molecule has 1 aliphatic carbocycles. The maximum Gasteiger partial charge on any atom is 0.141 e. The molecule has 16 heavy (non-hydrogen) atoms. The first-order valence-electron chi connectivity index (χ1n) is 5.74. The summed E-state index contributed by atoms with van der Waals surface area (Å²) in [5.41, 5.74) is 0.875. The minimum absolute atomic E-state index is 0.152. The minimum Gasteiger partial charge on any atom is -0.395 e. The molecule has 0 atom stereocenters. The van der Waals surface area contributed by atoms with Gasteiger partial charge in [0.05, 0.1) is 12.8 Å². The number of aliphatic hydroxyl groups is 1. The van der Waals surface area contributed by atoms with E-state index in [0.29, 0.717) is 19.1 Å². The fraction of sp³-hybridized carbons (Fsp3) is 0.583. The van der Waals surface area contributed by atoms with Crippen molar-refractivity contribution in [2.45, 2.75) is 31.8 Å². The molecule has 1 heterocycles. The molecule has 1 aromatic rings. The third-order valence-corrected chi connectivity index (χ3v) is 3.13. The van der Waals surface area contributed by atoms with Gasteiger partial charge in [-0.15, -0.1) is 0 Å². The van der Waals surface area contributed by atoms with Crippen LogP contribution in [0.1, 0.15) is 24.8 Å². The van der Waals surface area contributed by atoms with Crippen LogP contribution in [0.15, 0.2) is 18.5 Å². The highest BCUT2D eigenvalue weighted by atomic mass is 19.1. The normalized spacial score (nSPS) is 16.4. The van der Waals surface area contributed by atoms with Crippen LogP contribution in [0.2, 0.25) is 0 Å². The first-order valence-corrected chi connectivity index (χ1v) is 5.74. The molecular formula is C12H17FN2O. The van der Waals surface area contributed by atoms with E-state index >= 15 is 0 Å². The highest BCUT2D eigenvalue weighted by Gasteiger charge is 2.24. The van der Waals surface area contributed by atoms with Crippen molar-refractivity contribution in [2.24, 2.45) is 0 Å². The molecule has 1 fully saturated rings. The Morgan fingerprint density at radius 1 is 1.44 bits per heavy atom. The van der Waals surface area contributed by atoms with Gasteiger partial charge >= 0.3 is 0 Å². The number of aliphatic hydroxyl groups excluding tert-OH is 1. The van der Waals surface area contributed by atoms with Crippen molar-refractivity contribution in [3.8, 4) is 0 Å². The van der Waals surface area contributed by atoms with Crippen molar-refractivity contribution in [1.82, 2.24) is 9.88 Å². The number of nitrogens with zero attached hydrogens (tertiary/aromatic N) is 2. The molecule has 1 saturated carbocycles. The smallest absolute Gasteiger partial charge is 0.141 e. The molecule has 0 unspecified atom stereocenters. The average Bonchev–Trinajstić information content (AvgIpc) is 2.15. The lowest BCUT2D eigenvalue weighted by Gasteiger charge is -2.37. The Balaban J connectivity index is 1.98. The Labute approximate surface area is 94.9 Å². The molecule has 88 valence electrons. The Bertz CT molecular complexity index is 342. The molecule has 2 rings (SSSR count). The molecule has 0 spiro atoms. The first-order chi connectivity index (χ1) is 7.79. The van der Waals surface area contributed by atoms with Crippen molar-refractivity contribution in [1.29, 1.82) is 0 Å². The molecule has 0 aromatic carbocycles. The van der Waals surface area contributed by atoms with Crippen LogP contribution in [0.4, 0.5) is 4.39 Å². The number of hydrogen-bond acceptors (Lipinski definition) is 3. The monoisotopic (exact) mass is 224 g/mol. The molecule has 1 aromatic heterocycles. The van der Waals surface area contributed by atoms with E-state index in [-0.39, 0.29) is 12.4 Å². The van der Waals surface area contributed by atoms with E-state index in [1.165, 1.54) is 31.5 Å². The van der Waals surface area contributed by atoms with E-state index in [1.54, 1.807) is 6.20 Å². The van der Waals surface area contributed by atoms with Gasteiger partial charge in [0.1, 0.15) is 5.82 Å². The number of pyridine rings is 1. The van der Waals surface area contributed by atoms with E-state index in [4.69, 9.17) is 5.11 Å². The summed E-state index contributed by atoms with van der Waals surface area (Å²) < 4.78 is 13.0. The third kappa shape index (κ3) is 2.77. The van der Waals surface area contributed by atoms with Crippen LogP contribution in [0.5, 0.6) is 0 Å². The molecule has 3 nitrogen and oxygen atoms in total. The maximum absolute atomic E-state index is 13.0. The lowest BCUT2D eigenvalue weighted by Crippen LogP contribution is -2.41. The molecule has 1 N–H and O–H groups in total. The number of rotatable bonds is 5. The van der Waals surface area contributed by atoms with Crippen LogP contribution in [0.3, 0.4) is 0 Å². The van der Waals surface area contributed by atoms with Crippen LogP contribution in [-0.4, -0.2) is 34.2 Å². The van der Waals surface area contributed by atoms with Gasteiger partial charge in [0.2, 0.25) is 0 Å². The van der Waals surface area contributed by atoms with Crippen molar-refractivity contribution in [3.05, 3.63) is 29.8 Å². The zero-order valence-corrected chi connectivity index (χ0v) is 9.27. The minimum atomic E-state index is -0.296. The van der Waals surface area contributed by atoms with E-state index in [0.717, 1.165) is 5.56 Å². The standard InChI is InChI=1S/C12H17FN2O/c13-11-6-10(7-14-8-11)9-15(4-5-16)12-2-1-3-12/h6-8,12,16H,1-5,9H2. The fourth-order valence-corrected chi connectivity index (χ4v) is 2.05. The zero-order valence-electron chi connectivity index (χ0n) is 9.27. The molecule has 4 heteroatoms. The van der Waals surface area contributed by atoms with E-state index in [1.807, 2.05) is 0 Å². The molecule has 0 aliphatic heterocycles. The van der Waals surface area contributed by atoms with Crippen molar-refractivity contribution < 1.29 is 9.50 Å². The quantitative estimate of drug-likeness (QED) is 0.824. The molecule has 1 aliphatic rings. The van der Waals surface area contributed by atoms with Crippen LogP contribution in [0, 0.1) is 5.82 Å². The molecular weight excluding hydrogens is 207 g/mol. The number of hydrogen-bond donors (Lipinski definition) is 1. The van der Waals surface area contributed by atoms with Crippen LogP contribution in [0.25, 0.3) is 0 Å². The van der Waals surface area contributed by atoms with Gasteiger partial charge in [-0.1, -0.05) is 6.42 Å². The maximum atomic E-state index is 13.0. The van der Waals surface area contributed by atoms with E-state index in [9.17, 15) is 4.39 Å². The Morgan fingerprint density at radius 2 is 2.25 bits per heavy atom. The van der Waals surface area contributed by atoms with Crippen LogP contribution >= 0.6 is 0 Å². The Hall–Kier alpha value is -1.00. The van der Waals surface area contributed by atoms with Crippen LogP contribution in [-0.2, 0) is 6.54 Å². The van der Waals surface area contributed by atoms with Crippen molar-refractivity contribution in [2.75, 3.05) is 13.2 Å². The van der Waals surface area contributed by atoms with Gasteiger partial charge in [0, 0.05) is 25.3 Å². The summed E-state index contributed by atoms with van der Waals surface area (Å²) in [6, 6.07) is 2.06. The number of halogens is 1. The summed E-state index contributed by atoms with van der Waals surface area (Å²) in [4.78, 5) is 6.04. The predicted molar refractivity (Wildman–Crippen MR) is 59.3 cm³/mol. The second-order valence-corrected chi connectivity index (χ2v) is 4.29. The summed E-state index contributed by atoms with van der Waals surface area (Å²) in [6.07, 6.45) is 6.52. The molecule has 0 amide bonds. The summed E-state index contributed by atoms with van der Waals surface area (Å²) >= 11 is 0. The highest BCUT2D eigenvalue weighted by molar-refractivity contribution is 5.10. The summed E-state index contributed by atoms with van der Waals surface area (Å²) in [6.45, 7) is 1.48. The molecule has 0 bridgehead atoms. The lowest BCUT2D eigenvalue weighted by atomic mass is 9.91. The van der Waals surface area contributed by atoms with E-state index in [2.05, 4.69) is 9.88 Å². The Kier molecular flexibility index (Phi) is 3.85. The highest BCUT2D eigenvalue weighted by Crippen LogP contribution is 2.25. The van der Waals surface area contributed by atoms with Gasteiger partial charge in [0.25, 0.3) is 0 Å². The summed E-state index contributed by atoms with van der Waals surface area (Å²) in [7, 11) is 0. The number of aromatic nitrogens is 1. The lowest BCUT2D eigenvalue weighted by molar-refractivity contribution is 0.0944. The van der Waals surface area contributed by atoms with Crippen LogP contribution < -0.4 is 0 Å². The zero-order chi connectivity index (χ0) is 11.4. The summed E-state index contributed by atoms with van der Waals surface area (Å²) in [5.74, 6) is -0.296. The fourth-order valence-electron chi connectivity index (χ4n) is 2.05. The largest absolute Gasteiger partial charge is 0.395 e. The van der Waals surface area contributed by atoms with Gasteiger partial charge in [-0.2, -0.15) is 0 Å². The van der Waals surface area contributed by atoms with Gasteiger partial charge in [-0.05, 0) is 24.5 Å². The predicted octanol–water partition coefficient (Wildman–Crippen LogP) is 1.57. The topological polar surface area (TPSA) is 36.4 Å². The Morgan fingerprint density at radius 3 is 2.81 bits per heavy atom. The second kappa shape index (κ2) is 5.37. The molecule has 0 radical (unpaired) electrons. The van der Waals surface area contributed by atoms with Gasteiger partial charge in [-0.25, -0.2) is 4.39 Å².